The molecule has 2 N–H and O–H groups in total. The molecular weight excluding hydrogens is 280 g/mol. The zero-order valence-corrected chi connectivity index (χ0v) is 12.1. The van der Waals surface area contributed by atoms with Gasteiger partial charge in [-0.2, -0.15) is 0 Å². The summed E-state index contributed by atoms with van der Waals surface area (Å²) in [6.45, 7) is 0.672. The van der Waals surface area contributed by atoms with E-state index in [1.807, 2.05) is 23.8 Å². The zero-order chi connectivity index (χ0) is 13.7. The first kappa shape index (κ1) is 13.9. The second kappa shape index (κ2) is 6.58. The second-order valence-electron chi connectivity index (χ2n) is 3.79. The summed E-state index contributed by atoms with van der Waals surface area (Å²) < 4.78 is 0. The van der Waals surface area contributed by atoms with Crippen LogP contribution in [0, 0.1) is 0 Å². The van der Waals surface area contributed by atoms with Gasteiger partial charge in [0.1, 0.15) is 0 Å². The maximum atomic E-state index is 11.3. The van der Waals surface area contributed by atoms with Gasteiger partial charge in [-0.05, 0) is 18.4 Å². The topological polar surface area (TPSA) is 62.2 Å². The monoisotopic (exact) mass is 294 g/mol. The number of nitrogens with zero attached hydrogens (tertiary/aromatic N) is 1. The van der Waals surface area contributed by atoms with Crippen molar-refractivity contribution in [2.75, 3.05) is 18.1 Å². The Morgan fingerprint density at radius 1 is 1.53 bits per heavy atom. The average molecular weight is 294 g/mol. The Morgan fingerprint density at radius 2 is 2.37 bits per heavy atom. The molecular formula is C13H14N2O2S2. The maximum Gasteiger partial charge on any atom is 0.338 e. The van der Waals surface area contributed by atoms with Crippen LogP contribution in [0.1, 0.15) is 15.4 Å². The Balaban J connectivity index is 2.09. The lowest BCUT2D eigenvalue weighted by atomic mass is 10.1. The van der Waals surface area contributed by atoms with Crippen molar-refractivity contribution in [1.82, 2.24) is 4.98 Å². The first-order valence-electron chi connectivity index (χ1n) is 5.75. The van der Waals surface area contributed by atoms with E-state index in [0.717, 1.165) is 16.3 Å². The van der Waals surface area contributed by atoms with Crippen molar-refractivity contribution in [3.63, 3.8) is 0 Å². The maximum absolute atomic E-state index is 11.3. The smallest absolute Gasteiger partial charge is 0.338 e. The van der Waals surface area contributed by atoms with Gasteiger partial charge in [-0.3, -0.25) is 0 Å². The highest BCUT2D eigenvalue weighted by molar-refractivity contribution is 7.98. The Bertz CT molecular complexity index is 556. The van der Waals surface area contributed by atoms with E-state index in [2.05, 4.69) is 10.3 Å². The van der Waals surface area contributed by atoms with Gasteiger partial charge in [0.05, 0.1) is 10.6 Å². The van der Waals surface area contributed by atoms with E-state index in [1.165, 1.54) is 11.8 Å². The van der Waals surface area contributed by atoms with Crippen molar-refractivity contribution in [2.45, 2.75) is 11.3 Å². The summed E-state index contributed by atoms with van der Waals surface area (Å²) in [4.78, 5) is 16.3. The van der Waals surface area contributed by atoms with Crippen LogP contribution in [0.2, 0.25) is 0 Å². The molecule has 0 saturated heterocycles. The molecule has 1 heterocycles. The van der Waals surface area contributed by atoms with Gasteiger partial charge in [0.25, 0.3) is 0 Å². The van der Waals surface area contributed by atoms with Gasteiger partial charge in [0, 0.05) is 35.1 Å². The number of thiazole rings is 1. The number of hydrogen-bond acceptors (Lipinski definition) is 5. The van der Waals surface area contributed by atoms with Crippen LogP contribution in [0.15, 0.2) is 34.7 Å². The third-order valence-corrected chi connectivity index (χ3v) is 4.22. The predicted octanol–water partition coefficient (Wildman–Crippen LogP) is 3.22. The predicted molar refractivity (Wildman–Crippen MR) is 79.5 cm³/mol. The van der Waals surface area contributed by atoms with Gasteiger partial charge >= 0.3 is 5.97 Å². The fourth-order valence-corrected chi connectivity index (χ4v) is 2.99. The number of nitrogens with one attached hydrogen (secondary N) is 1. The van der Waals surface area contributed by atoms with E-state index in [9.17, 15) is 9.90 Å². The van der Waals surface area contributed by atoms with Crippen molar-refractivity contribution in [3.05, 3.63) is 40.3 Å². The summed E-state index contributed by atoms with van der Waals surface area (Å²) in [6.07, 6.45) is 4.44. The number of hydrogen-bond donors (Lipinski definition) is 2. The number of anilines is 1. The molecule has 0 unspecified atom stereocenters. The lowest BCUT2D eigenvalue weighted by Gasteiger charge is -2.11. The van der Waals surface area contributed by atoms with Gasteiger partial charge in [-0.15, -0.1) is 23.1 Å². The molecule has 100 valence electrons. The van der Waals surface area contributed by atoms with E-state index >= 15 is 0 Å². The summed E-state index contributed by atoms with van der Waals surface area (Å²) in [5.41, 5.74) is 1.00. The molecule has 0 atom stereocenters. The molecule has 6 heteroatoms. The zero-order valence-electron chi connectivity index (χ0n) is 10.4. The number of aromatic carboxylic acids is 1. The molecule has 0 radical (unpaired) electrons. The quantitative estimate of drug-likeness (QED) is 0.801. The third-order valence-electron chi connectivity index (χ3n) is 2.60. The highest BCUT2D eigenvalue weighted by atomic mass is 32.2. The molecule has 0 amide bonds. The summed E-state index contributed by atoms with van der Waals surface area (Å²) in [7, 11) is 0. The Kier molecular flexibility index (Phi) is 4.81. The molecule has 0 spiro atoms. The van der Waals surface area contributed by atoms with E-state index in [-0.39, 0.29) is 0 Å². The molecule has 0 fully saturated rings. The van der Waals surface area contributed by atoms with E-state index in [4.69, 9.17) is 0 Å². The van der Waals surface area contributed by atoms with Crippen LogP contribution >= 0.6 is 23.1 Å². The SMILES string of the molecule is CSc1cccc(NCCc2nccs2)c1C(=O)O. The third kappa shape index (κ3) is 3.48. The van der Waals surface area contributed by atoms with Crippen molar-refractivity contribution >= 4 is 34.8 Å². The van der Waals surface area contributed by atoms with Crippen LogP contribution in [0.3, 0.4) is 0 Å². The van der Waals surface area contributed by atoms with Gasteiger partial charge in [-0.1, -0.05) is 6.07 Å². The Morgan fingerprint density at radius 3 is 3.00 bits per heavy atom. The van der Waals surface area contributed by atoms with Crippen LogP contribution in [0.25, 0.3) is 0 Å². The number of benzene rings is 1. The number of carboxylic acid groups (broad SMARTS) is 1. The van der Waals surface area contributed by atoms with Crippen molar-refractivity contribution in [3.8, 4) is 0 Å². The van der Waals surface area contributed by atoms with Crippen LogP contribution in [-0.2, 0) is 6.42 Å². The van der Waals surface area contributed by atoms with Crippen LogP contribution < -0.4 is 5.32 Å². The Hall–Kier alpha value is -1.53. The number of carboxylic acids is 1. The van der Waals surface area contributed by atoms with Gasteiger partial charge in [-0.25, -0.2) is 9.78 Å². The molecule has 1 aromatic carbocycles. The van der Waals surface area contributed by atoms with Crippen LogP contribution in [0.4, 0.5) is 5.69 Å². The highest BCUT2D eigenvalue weighted by Crippen LogP contribution is 2.27. The molecule has 2 aromatic rings. The lowest BCUT2D eigenvalue weighted by molar-refractivity contribution is 0.0694. The molecule has 4 nitrogen and oxygen atoms in total. The standard InChI is InChI=1S/C13H14N2O2S2/c1-18-10-4-2-3-9(12(10)13(16)17)14-6-5-11-15-7-8-19-11/h2-4,7-8,14H,5-6H2,1H3,(H,16,17). The number of rotatable bonds is 6. The number of thioether (sulfide) groups is 1. The minimum absolute atomic E-state index is 0.342. The molecule has 0 aliphatic rings. The molecule has 0 bridgehead atoms. The lowest BCUT2D eigenvalue weighted by Crippen LogP contribution is -2.10. The summed E-state index contributed by atoms with van der Waals surface area (Å²) >= 11 is 3.04. The van der Waals surface area contributed by atoms with Crippen molar-refractivity contribution < 1.29 is 9.90 Å². The van der Waals surface area contributed by atoms with E-state index in [0.29, 0.717) is 17.8 Å². The van der Waals surface area contributed by atoms with E-state index in [1.54, 1.807) is 23.6 Å². The largest absolute Gasteiger partial charge is 0.478 e. The number of aromatic nitrogens is 1. The number of carbonyl (C=O) groups is 1. The van der Waals surface area contributed by atoms with E-state index < -0.39 is 5.97 Å². The van der Waals surface area contributed by atoms with Crippen LogP contribution in [-0.4, -0.2) is 28.9 Å². The summed E-state index contributed by atoms with van der Waals surface area (Å²) in [5.74, 6) is -0.901. The fraction of sp³-hybridized carbons (Fsp3) is 0.231. The van der Waals surface area contributed by atoms with Crippen LogP contribution in [0.5, 0.6) is 0 Å². The summed E-state index contributed by atoms with van der Waals surface area (Å²) in [6, 6.07) is 5.48. The highest BCUT2D eigenvalue weighted by Gasteiger charge is 2.14. The molecule has 0 aliphatic carbocycles. The van der Waals surface area contributed by atoms with Gasteiger partial charge in [0.2, 0.25) is 0 Å². The fourth-order valence-electron chi connectivity index (χ4n) is 1.75. The van der Waals surface area contributed by atoms with Gasteiger partial charge < -0.3 is 10.4 Å². The minimum Gasteiger partial charge on any atom is -0.478 e. The first-order valence-corrected chi connectivity index (χ1v) is 7.85. The minimum atomic E-state index is -0.901. The molecule has 0 aliphatic heterocycles. The first-order chi connectivity index (χ1) is 9.22. The van der Waals surface area contributed by atoms with Gasteiger partial charge in [0.15, 0.2) is 0 Å². The second-order valence-corrected chi connectivity index (χ2v) is 5.62. The average Bonchev–Trinajstić information content (AvgIpc) is 2.91. The molecule has 0 saturated carbocycles. The molecule has 1 aromatic heterocycles. The molecule has 2 rings (SSSR count). The van der Waals surface area contributed by atoms with Crippen molar-refractivity contribution in [1.29, 1.82) is 0 Å². The normalized spacial score (nSPS) is 10.4. The molecule has 19 heavy (non-hydrogen) atoms. The Labute approximate surface area is 119 Å². The summed E-state index contributed by atoms with van der Waals surface area (Å²) in [5, 5.41) is 15.5. The van der Waals surface area contributed by atoms with Crippen molar-refractivity contribution in [2.24, 2.45) is 0 Å².